The quantitative estimate of drug-likeness (QED) is 0.768. The molecular formula is C10H11NO3. The van der Waals surface area contributed by atoms with Gasteiger partial charge in [0.05, 0.1) is 5.56 Å². The molecule has 14 heavy (non-hydrogen) atoms. The van der Waals surface area contributed by atoms with Crippen LogP contribution in [0.2, 0.25) is 0 Å². The van der Waals surface area contributed by atoms with E-state index in [2.05, 4.69) is 5.32 Å². The van der Waals surface area contributed by atoms with Gasteiger partial charge < -0.3 is 10.4 Å². The highest BCUT2D eigenvalue weighted by molar-refractivity contribution is 5.93. The van der Waals surface area contributed by atoms with Crippen LogP contribution in [0.4, 0.5) is 5.69 Å². The number of carbonyl (C=O) groups excluding carboxylic acids is 1. The Labute approximate surface area is 81.6 Å². The Morgan fingerprint density at radius 1 is 1.43 bits per heavy atom. The Morgan fingerprint density at radius 3 is 2.71 bits per heavy atom. The fourth-order valence-electron chi connectivity index (χ4n) is 0.979. The number of benzene rings is 1. The van der Waals surface area contributed by atoms with E-state index in [4.69, 9.17) is 5.11 Å². The Balaban J connectivity index is 2.83. The van der Waals surface area contributed by atoms with Gasteiger partial charge in [0.2, 0.25) is 5.91 Å². The maximum absolute atomic E-state index is 11.0. The summed E-state index contributed by atoms with van der Waals surface area (Å²) < 4.78 is 0. The maximum Gasteiger partial charge on any atom is 0.335 e. The van der Waals surface area contributed by atoms with E-state index < -0.39 is 5.97 Å². The number of hydrogen-bond acceptors (Lipinski definition) is 2. The summed E-state index contributed by atoms with van der Waals surface area (Å²) in [6, 6.07) is 6.15. The summed E-state index contributed by atoms with van der Waals surface area (Å²) in [4.78, 5) is 21.6. The number of nitrogens with one attached hydrogen (secondary N) is 1. The van der Waals surface area contributed by atoms with Crippen LogP contribution in [0.5, 0.6) is 0 Å². The lowest BCUT2D eigenvalue weighted by Gasteiger charge is -2.03. The van der Waals surface area contributed by atoms with E-state index in [1.54, 1.807) is 19.1 Å². The first kappa shape index (κ1) is 10.2. The molecule has 1 rings (SSSR count). The van der Waals surface area contributed by atoms with Gasteiger partial charge in [-0.15, -0.1) is 0 Å². The van der Waals surface area contributed by atoms with E-state index in [-0.39, 0.29) is 11.5 Å². The molecular weight excluding hydrogens is 182 g/mol. The Kier molecular flexibility index (Phi) is 3.23. The van der Waals surface area contributed by atoms with E-state index >= 15 is 0 Å². The molecule has 0 aliphatic carbocycles. The summed E-state index contributed by atoms with van der Waals surface area (Å²) in [5.74, 6) is -1.13. The second-order valence-corrected chi connectivity index (χ2v) is 2.79. The summed E-state index contributed by atoms with van der Waals surface area (Å²) in [6.07, 6.45) is 0.372. The van der Waals surface area contributed by atoms with Crippen LogP contribution in [-0.2, 0) is 4.79 Å². The van der Waals surface area contributed by atoms with Crippen molar-refractivity contribution in [2.45, 2.75) is 13.3 Å². The molecule has 0 aliphatic rings. The first-order valence-corrected chi connectivity index (χ1v) is 4.26. The first-order chi connectivity index (χ1) is 6.63. The second-order valence-electron chi connectivity index (χ2n) is 2.79. The molecule has 4 heteroatoms. The van der Waals surface area contributed by atoms with Crippen LogP contribution in [0.3, 0.4) is 0 Å². The highest BCUT2D eigenvalue weighted by atomic mass is 16.4. The third-order valence-corrected chi connectivity index (χ3v) is 1.71. The van der Waals surface area contributed by atoms with Gasteiger partial charge in [-0.05, 0) is 18.2 Å². The standard InChI is InChI=1S/C10H11NO3/c1-2-9(12)11-8-5-3-4-7(6-8)10(13)14/h3-6H,2H2,1H3,(H,11,12)(H,13,14). The maximum atomic E-state index is 11.0. The number of aromatic carboxylic acids is 1. The third kappa shape index (κ3) is 2.58. The Bertz CT molecular complexity index is 360. The van der Waals surface area contributed by atoms with Crippen LogP contribution in [0.1, 0.15) is 23.7 Å². The van der Waals surface area contributed by atoms with Crippen LogP contribution in [-0.4, -0.2) is 17.0 Å². The van der Waals surface area contributed by atoms with Gasteiger partial charge in [-0.1, -0.05) is 13.0 Å². The number of carbonyl (C=O) groups is 2. The summed E-state index contributed by atoms with van der Waals surface area (Å²) in [5.41, 5.74) is 0.677. The monoisotopic (exact) mass is 193 g/mol. The van der Waals surface area contributed by atoms with Gasteiger partial charge in [-0.25, -0.2) is 4.79 Å². The fourth-order valence-corrected chi connectivity index (χ4v) is 0.979. The lowest BCUT2D eigenvalue weighted by Crippen LogP contribution is -2.10. The van der Waals surface area contributed by atoms with Crippen molar-refractivity contribution in [3.8, 4) is 0 Å². The average molecular weight is 193 g/mol. The van der Waals surface area contributed by atoms with Gasteiger partial charge in [0.15, 0.2) is 0 Å². The molecule has 1 aromatic carbocycles. The zero-order valence-corrected chi connectivity index (χ0v) is 7.78. The van der Waals surface area contributed by atoms with Crippen molar-refractivity contribution < 1.29 is 14.7 Å². The van der Waals surface area contributed by atoms with Gasteiger partial charge in [-0.2, -0.15) is 0 Å². The number of amides is 1. The summed E-state index contributed by atoms with van der Waals surface area (Å²) >= 11 is 0. The minimum Gasteiger partial charge on any atom is -0.478 e. The minimum atomic E-state index is -1.00. The first-order valence-electron chi connectivity index (χ1n) is 4.26. The molecule has 4 nitrogen and oxygen atoms in total. The molecule has 0 heterocycles. The summed E-state index contributed by atoms with van der Waals surface area (Å²) in [6.45, 7) is 1.73. The van der Waals surface area contributed by atoms with Crippen LogP contribution in [0, 0.1) is 0 Å². The molecule has 0 fully saturated rings. The van der Waals surface area contributed by atoms with E-state index in [1.807, 2.05) is 0 Å². The zero-order valence-electron chi connectivity index (χ0n) is 7.78. The van der Waals surface area contributed by atoms with Crippen LogP contribution in [0.15, 0.2) is 24.3 Å². The van der Waals surface area contributed by atoms with Gasteiger partial charge in [0.25, 0.3) is 0 Å². The van der Waals surface area contributed by atoms with Crippen molar-refractivity contribution in [3.05, 3.63) is 29.8 Å². The van der Waals surface area contributed by atoms with Crippen molar-refractivity contribution >= 4 is 17.6 Å². The molecule has 0 spiro atoms. The van der Waals surface area contributed by atoms with Crippen LogP contribution >= 0.6 is 0 Å². The van der Waals surface area contributed by atoms with Gasteiger partial charge in [0, 0.05) is 12.1 Å². The number of carboxylic acid groups (broad SMARTS) is 1. The van der Waals surface area contributed by atoms with Gasteiger partial charge in [0.1, 0.15) is 0 Å². The molecule has 0 unspecified atom stereocenters. The zero-order chi connectivity index (χ0) is 10.6. The largest absolute Gasteiger partial charge is 0.478 e. The molecule has 0 aliphatic heterocycles. The number of hydrogen-bond donors (Lipinski definition) is 2. The van der Waals surface area contributed by atoms with Crippen molar-refractivity contribution in [3.63, 3.8) is 0 Å². The van der Waals surface area contributed by atoms with E-state index in [0.717, 1.165) is 0 Å². The summed E-state index contributed by atoms with van der Waals surface area (Å²) in [7, 11) is 0. The van der Waals surface area contributed by atoms with E-state index in [9.17, 15) is 9.59 Å². The Morgan fingerprint density at radius 2 is 2.14 bits per heavy atom. The third-order valence-electron chi connectivity index (χ3n) is 1.71. The molecule has 1 aromatic rings. The number of carboxylic acids is 1. The number of anilines is 1. The van der Waals surface area contributed by atoms with Crippen molar-refractivity contribution in [1.29, 1.82) is 0 Å². The van der Waals surface area contributed by atoms with Crippen LogP contribution in [0.25, 0.3) is 0 Å². The normalized spacial score (nSPS) is 9.50. The molecule has 2 N–H and O–H groups in total. The molecule has 0 saturated heterocycles. The van der Waals surface area contributed by atoms with E-state index in [0.29, 0.717) is 12.1 Å². The Hall–Kier alpha value is -1.84. The van der Waals surface area contributed by atoms with Crippen molar-refractivity contribution in [2.75, 3.05) is 5.32 Å². The lowest BCUT2D eigenvalue weighted by atomic mass is 10.2. The fraction of sp³-hybridized carbons (Fsp3) is 0.200. The molecule has 0 aromatic heterocycles. The predicted octanol–water partition coefficient (Wildman–Crippen LogP) is 1.73. The topological polar surface area (TPSA) is 66.4 Å². The van der Waals surface area contributed by atoms with Crippen molar-refractivity contribution in [2.24, 2.45) is 0 Å². The van der Waals surface area contributed by atoms with Gasteiger partial charge in [-0.3, -0.25) is 4.79 Å². The highest BCUT2D eigenvalue weighted by Gasteiger charge is 2.04. The molecule has 0 radical (unpaired) electrons. The smallest absolute Gasteiger partial charge is 0.335 e. The van der Waals surface area contributed by atoms with Gasteiger partial charge >= 0.3 is 5.97 Å². The highest BCUT2D eigenvalue weighted by Crippen LogP contribution is 2.10. The molecule has 0 bridgehead atoms. The van der Waals surface area contributed by atoms with Crippen LogP contribution < -0.4 is 5.32 Å². The number of rotatable bonds is 3. The predicted molar refractivity (Wildman–Crippen MR) is 52.3 cm³/mol. The second kappa shape index (κ2) is 4.41. The molecule has 0 saturated carbocycles. The average Bonchev–Trinajstić information content (AvgIpc) is 2.18. The molecule has 0 atom stereocenters. The molecule has 1 amide bonds. The lowest BCUT2D eigenvalue weighted by molar-refractivity contribution is -0.115. The minimum absolute atomic E-state index is 0.132. The van der Waals surface area contributed by atoms with Crippen molar-refractivity contribution in [1.82, 2.24) is 0 Å². The summed E-state index contributed by atoms with van der Waals surface area (Å²) in [5, 5.41) is 11.3. The molecule has 74 valence electrons. The SMILES string of the molecule is CCC(=O)Nc1cccc(C(=O)O)c1. The van der Waals surface area contributed by atoms with E-state index in [1.165, 1.54) is 12.1 Å².